The third-order valence-corrected chi connectivity index (χ3v) is 4.40. The van der Waals surface area contributed by atoms with E-state index in [-0.39, 0.29) is 18.1 Å². The molecule has 116 valence electrons. The lowest BCUT2D eigenvalue weighted by molar-refractivity contribution is -0.143. The van der Waals surface area contributed by atoms with Crippen LogP contribution in [0.25, 0.3) is 10.9 Å². The molecule has 0 saturated carbocycles. The fraction of sp³-hybridized carbons (Fsp3) is 0.333. The quantitative estimate of drug-likeness (QED) is 0.855. The zero-order valence-corrected chi connectivity index (χ0v) is 13.2. The minimum Gasteiger partial charge on any atom is -0.481 e. The van der Waals surface area contributed by atoms with E-state index in [1.807, 2.05) is 0 Å². The molecule has 22 heavy (non-hydrogen) atoms. The number of H-pyrrole nitrogens is 1. The summed E-state index contributed by atoms with van der Waals surface area (Å²) in [5, 5.41) is 9.43. The highest BCUT2D eigenvalue weighted by Gasteiger charge is 2.29. The summed E-state index contributed by atoms with van der Waals surface area (Å²) >= 11 is 3.21. The second-order valence-corrected chi connectivity index (χ2v) is 6.38. The Balaban J connectivity index is 1.89. The fourth-order valence-electron chi connectivity index (χ4n) is 2.81. The van der Waals surface area contributed by atoms with Crippen molar-refractivity contribution in [2.75, 3.05) is 13.1 Å². The van der Waals surface area contributed by atoms with E-state index in [2.05, 4.69) is 20.9 Å². The Kier molecular flexibility index (Phi) is 3.90. The largest absolute Gasteiger partial charge is 0.481 e. The van der Waals surface area contributed by atoms with Gasteiger partial charge in [0.2, 0.25) is 0 Å². The van der Waals surface area contributed by atoms with Crippen LogP contribution in [0.2, 0.25) is 0 Å². The van der Waals surface area contributed by atoms with Crippen molar-refractivity contribution in [2.24, 2.45) is 5.92 Å². The van der Waals surface area contributed by atoms with Crippen molar-refractivity contribution in [1.82, 2.24) is 9.88 Å². The molecule has 1 atom stereocenters. The highest BCUT2D eigenvalue weighted by molar-refractivity contribution is 9.10. The SMILES string of the molecule is O=C(O)[C@@H]1CCCN(C(=O)c2cc3c(F)cc(Br)cc3[nH]2)C1. The number of piperidine rings is 1. The third-order valence-electron chi connectivity index (χ3n) is 3.94. The van der Waals surface area contributed by atoms with E-state index in [4.69, 9.17) is 5.11 Å². The number of rotatable bonds is 2. The van der Waals surface area contributed by atoms with E-state index in [0.29, 0.717) is 34.8 Å². The normalized spacial score (nSPS) is 18.6. The van der Waals surface area contributed by atoms with Gasteiger partial charge in [-0.3, -0.25) is 9.59 Å². The zero-order valence-electron chi connectivity index (χ0n) is 11.6. The molecular formula is C15H14BrFN2O3. The van der Waals surface area contributed by atoms with E-state index in [0.717, 1.165) is 0 Å². The average molecular weight is 369 g/mol. The van der Waals surface area contributed by atoms with Crippen LogP contribution in [0.5, 0.6) is 0 Å². The number of carboxylic acid groups (broad SMARTS) is 1. The number of fused-ring (bicyclic) bond motifs is 1. The Morgan fingerprint density at radius 1 is 1.36 bits per heavy atom. The average Bonchev–Trinajstić information content (AvgIpc) is 2.90. The summed E-state index contributed by atoms with van der Waals surface area (Å²) in [6, 6.07) is 4.51. The number of likely N-dealkylation sites (tertiary alicyclic amines) is 1. The molecule has 1 saturated heterocycles. The van der Waals surface area contributed by atoms with Crippen LogP contribution >= 0.6 is 15.9 Å². The Morgan fingerprint density at radius 3 is 2.86 bits per heavy atom. The Morgan fingerprint density at radius 2 is 2.14 bits per heavy atom. The first-order valence-corrected chi connectivity index (χ1v) is 7.75. The standard InChI is InChI=1S/C15H14BrFN2O3/c16-9-4-11(17)10-6-13(18-12(10)5-9)14(20)19-3-1-2-8(7-19)15(21)22/h4-6,8,18H,1-3,7H2,(H,21,22)/t8-/m1/s1. The second kappa shape index (κ2) is 5.72. The van der Waals surface area contributed by atoms with Gasteiger partial charge in [-0.25, -0.2) is 4.39 Å². The van der Waals surface area contributed by atoms with Crippen LogP contribution < -0.4 is 0 Å². The van der Waals surface area contributed by atoms with Gasteiger partial charge >= 0.3 is 5.97 Å². The third kappa shape index (κ3) is 2.72. The van der Waals surface area contributed by atoms with Crippen LogP contribution in [0.4, 0.5) is 4.39 Å². The van der Waals surface area contributed by atoms with Crippen molar-refractivity contribution in [3.8, 4) is 0 Å². The number of halogens is 2. The number of aromatic amines is 1. The first-order valence-electron chi connectivity index (χ1n) is 6.95. The summed E-state index contributed by atoms with van der Waals surface area (Å²) in [6.45, 7) is 0.708. The second-order valence-electron chi connectivity index (χ2n) is 5.46. The smallest absolute Gasteiger partial charge is 0.308 e. The summed E-state index contributed by atoms with van der Waals surface area (Å²) in [7, 11) is 0. The molecule has 7 heteroatoms. The van der Waals surface area contributed by atoms with Gasteiger partial charge in [0.1, 0.15) is 11.5 Å². The monoisotopic (exact) mass is 368 g/mol. The van der Waals surface area contributed by atoms with Gasteiger partial charge in [0.15, 0.2) is 0 Å². The van der Waals surface area contributed by atoms with Crippen LogP contribution in [0.1, 0.15) is 23.3 Å². The van der Waals surface area contributed by atoms with Gasteiger partial charge in [0.05, 0.1) is 11.4 Å². The van der Waals surface area contributed by atoms with Gasteiger partial charge < -0.3 is 15.0 Å². The molecule has 0 unspecified atom stereocenters. The maximum absolute atomic E-state index is 13.9. The van der Waals surface area contributed by atoms with Crippen molar-refractivity contribution in [3.05, 3.63) is 34.2 Å². The number of carbonyl (C=O) groups excluding carboxylic acids is 1. The number of nitrogens with zero attached hydrogens (tertiary/aromatic N) is 1. The number of aliphatic carboxylic acids is 1. The molecule has 0 aliphatic carbocycles. The van der Waals surface area contributed by atoms with Gasteiger partial charge in [0, 0.05) is 22.9 Å². The summed E-state index contributed by atoms with van der Waals surface area (Å²) in [5.74, 6) is -2.13. The maximum Gasteiger partial charge on any atom is 0.308 e. The number of benzene rings is 1. The topological polar surface area (TPSA) is 73.4 Å². The van der Waals surface area contributed by atoms with Crippen molar-refractivity contribution in [1.29, 1.82) is 0 Å². The van der Waals surface area contributed by atoms with Gasteiger partial charge in [-0.1, -0.05) is 15.9 Å². The van der Waals surface area contributed by atoms with Crippen molar-refractivity contribution < 1.29 is 19.1 Å². The molecule has 5 nitrogen and oxygen atoms in total. The van der Waals surface area contributed by atoms with E-state index < -0.39 is 17.7 Å². The van der Waals surface area contributed by atoms with Crippen LogP contribution in [0, 0.1) is 11.7 Å². The fourth-order valence-corrected chi connectivity index (χ4v) is 3.24. The molecule has 0 bridgehead atoms. The van der Waals surface area contributed by atoms with Crippen LogP contribution in [-0.2, 0) is 4.79 Å². The summed E-state index contributed by atoms with van der Waals surface area (Å²) in [4.78, 5) is 28.0. The molecule has 1 fully saturated rings. The molecule has 0 radical (unpaired) electrons. The van der Waals surface area contributed by atoms with Gasteiger partial charge in [-0.05, 0) is 31.0 Å². The minimum atomic E-state index is -0.885. The number of nitrogens with one attached hydrogen (secondary N) is 1. The molecule has 1 amide bonds. The lowest BCUT2D eigenvalue weighted by Crippen LogP contribution is -2.42. The van der Waals surface area contributed by atoms with Crippen LogP contribution in [0.15, 0.2) is 22.7 Å². The van der Waals surface area contributed by atoms with Crippen LogP contribution in [-0.4, -0.2) is 40.0 Å². The maximum atomic E-state index is 13.9. The molecule has 2 heterocycles. The number of carbonyl (C=O) groups is 2. The van der Waals surface area contributed by atoms with E-state index in [1.165, 1.54) is 17.0 Å². The number of hydrogen-bond acceptors (Lipinski definition) is 2. The number of amides is 1. The molecule has 2 N–H and O–H groups in total. The highest BCUT2D eigenvalue weighted by atomic mass is 79.9. The van der Waals surface area contributed by atoms with E-state index in [9.17, 15) is 14.0 Å². The summed E-state index contributed by atoms with van der Waals surface area (Å²) in [5.41, 5.74) is 0.806. The Labute approximate surface area is 134 Å². The summed E-state index contributed by atoms with van der Waals surface area (Å²) in [6.07, 6.45) is 1.23. The highest BCUT2D eigenvalue weighted by Crippen LogP contribution is 2.25. The van der Waals surface area contributed by atoms with Crippen molar-refractivity contribution in [3.63, 3.8) is 0 Å². The van der Waals surface area contributed by atoms with Crippen LogP contribution in [0.3, 0.4) is 0 Å². The van der Waals surface area contributed by atoms with Crippen molar-refractivity contribution in [2.45, 2.75) is 12.8 Å². The lowest BCUT2D eigenvalue weighted by Gasteiger charge is -2.30. The van der Waals surface area contributed by atoms with Gasteiger partial charge in [0.25, 0.3) is 5.91 Å². The number of aromatic nitrogens is 1. The van der Waals surface area contributed by atoms with Gasteiger partial charge in [-0.15, -0.1) is 0 Å². The molecule has 0 spiro atoms. The van der Waals surface area contributed by atoms with E-state index in [1.54, 1.807) is 6.07 Å². The molecule has 3 rings (SSSR count). The Bertz CT molecular complexity index is 759. The molecule has 1 aromatic heterocycles. The molecule has 1 aliphatic rings. The summed E-state index contributed by atoms with van der Waals surface area (Å²) < 4.78 is 14.5. The number of hydrogen-bond donors (Lipinski definition) is 2. The predicted molar refractivity (Wildman–Crippen MR) is 82.2 cm³/mol. The molecule has 2 aromatic rings. The molecule has 1 aliphatic heterocycles. The first kappa shape index (κ1) is 15.0. The van der Waals surface area contributed by atoms with Gasteiger partial charge in [-0.2, -0.15) is 0 Å². The Hall–Kier alpha value is -1.89. The lowest BCUT2D eigenvalue weighted by atomic mass is 9.98. The predicted octanol–water partition coefficient (Wildman–Crippen LogP) is 3.01. The minimum absolute atomic E-state index is 0.190. The number of carboxylic acids is 1. The first-order chi connectivity index (χ1) is 10.5. The molecule has 1 aromatic carbocycles. The molecular weight excluding hydrogens is 355 g/mol. The zero-order chi connectivity index (χ0) is 15.9. The van der Waals surface area contributed by atoms with Crippen molar-refractivity contribution >= 4 is 38.7 Å². The van der Waals surface area contributed by atoms with E-state index >= 15 is 0 Å².